The van der Waals surface area contributed by atoms with Crippen molar-refractivity contribution < 1.29 is 13.9 Å². The summed E-state index contributed by atoms with van der Waals surface area (Å²) in [7, 11) is 0. The smallest absolute Gasteiger partial charge is 0.233 e. The summed E-state index contributed by atoms with van der Waals surface area (Å²) in [5.41, 5.74) is 1.05. The van der Waals surface area contributed by atoms with Crippen molar-refractivity contribution >= 4 is 17.3 Å². The molecule has 0 aromatic heterocycles. The zero-order chi connectivity index (χ0) is 23.4. The number of anilines is 2. The first-order valence-electron chi connectivity index (χ1n) is 13.4. The predicted molar refractivity (Wildman–Crippen MR) is 133 cm³/mol. The first-order chi connectivity index (χ1) is 16.0. The molecule has 0 saturated carbocycles. The van der Waals surface area contributed by atoms with Gasteiger partial charge in [0.25, 0.3) is 0 Å². The fourth-order valence-electron chi connectivity index (χ4n) is 6.75. The lowest BCUT2D eigenvalue weighted by Gasteiger charge is -2.43. The quantitative estimate of drug-likeness (QED) is 0.450. The Balaban J connectivity index is 1.44. The van der Waals surface area contributed by atoms with Gasteiger partial charge in [-0.1, -0.05) is 46.5 Å². The first kappa shape index (κ1) is 24.5. The molecule has 1 spiro atoms. The third kappa shape index (κ3) is 5.08. The molecule has 3 aliphatic heterocycles. The molecule has 3 aliphatic rings. The number of hydrogen-bond acceptors (Lipinski definition) is 3. The third-order valence-electron chi connectivity index (χ3n) is 8.82. The number of halogens is 1. The SMILES string of the molecule is CCCCC(C)C(CC)C1CCN(c2ccc(N3CCCC4(CCOCC4)C3=O)c(F)c2)C1. The molecule has 0 bridgehead atoms. The van der Waals surface area contributed by atoms with Crippen LogP contribution in [0, 0.1) is 29.0 Å². The summed E-state index contributed by atoms with van der Waals surface area (Å²) in [6.07, 6.45) is 9.63. The third-order valence-corrected chi connectivity index (χ3v) is 8.82. The molecule has 184 valence electrons. The van der Waals surface area contributed by atoms with Crippen molar-refractivity contribution in [1.82, 2.24) is 0 Å². The second kappa shape index (κ2) is 10.8. The Labute approximate surface area is 199 Å². The number of unbranched alkanes of at least 4 members (excludes halogenated alkanes) is 1. The molecule has 0 aliphatic carbocycles. The minimum absolute atomic E-state index is 0.0943. The van der Waals surface area contributed by atoms with Gasteiger partial charge in [0.15, 0.2) is 0 Å². The highest BCUT2D eigenvalue weighted by Crippen LogP contribution is 2.43. The van der Waals surface area contributed by atoms with Gasteiger partial charge in [-0.15, -0.1) is 0 Å². The zero-order valence-corrected chi connectivity index (χ0v) is 21.0. The summed E-state index contributed by atoms with van der Waals surface area (Å²) in [5.74, 6) is 2.00. The van der Waals surface area contributed by atoms with Crippen LogP contribution in [-0.4, -0.2) is 38.8 Å². The van der Waals surface area contributed by atoms with Crippen LogP contribution in [0.3, 0.4) is 0 Å². The average molecular weight is 459 g/mol. The highest BCUT2D eigenvalue weighted by molar-refractivity contribution is 5.98. The minimum atomic E-state index is -0.354. The molecule has 5 heteroatoms. The highest BCUT2D eigenvalue weighted by atomic mass is 19.1. The number of nitrogens with zero attached hydrogens (tertiary/aromatic N) is 2. The molecule has 3 saturated heterocycles. The van der Waals surface area contributed by atoms with Crippen LogP contribution in [0.2, 0.25) is 0 Å². The minimum Gasteiger partial charge on any atom is -0.381 e. The van der Waals surface area contributed by atoms with Gasteiger partial charge < -0.3 is 14.5 Å². The molecule has 0 radical (unpaired) electrons. The standard InChI is InChI=1S/C28H43FN2O2/c1-4-6-8-21(3)24(5-2)22-11-16-30(20-22)23-9-10-26(25(29)19-23)31-15-7-12-28(27(31)32)13-17-33-18-14-28/h9-10,19,21-22,24H,4-8,11-18,20H2,1-3H3. The lowest BCUT2D eigenvalue weighted by Crippen LogP contribution is -2.51. The van der Waals surface area contributed by atoms with Crippen molar-refractivity contribution in [2.45, 2.75) is 78.6 Å². The summed E-state index contributed by atoms with van der Waals surface area (Å²) in [6, 6.07) is 5.54. The maximum absolute atomic E-state index is 15.4. The summed E-state index contributed by atoms with van der Waals surface area (Å²) in [5, 5.41) is 0. The van der Waals surface area contributed by atoms with Crippen LogP contribution in [0.15, 0.2) is 18.2 Å². The molecule has 1 amide bonds. The topological polar surface area (TPSA) is 32.8 Å². The number of ether oxygens (including phenoxy) is 1. The predicted octanol–water partition coefficient (Wildman–Crippen LogP) is 6.43. The van der Waals surface area contributed by atoms with Crippen LogP contribution < -0.4 is 9.80 Å². The van der Waals surface area contributed by atoms with E-state index in [9.17, 15) is 4.79 Å². The Kier molecular flexibility index (Phi) is 7.99. The van der Waals surface area contributed by atoms with Crippen molar-refractivity contribution in [3.8, 4) is 0 Å². The number of piperidine rings is 1. The first-order valence-corrected chi connectivity index (χ1v) is 13.4. The maximum Gasteiger partial charge on any atom is 0.233 e. The highest BCUT2D eigenvalue weighted by Gasteiger charge is 2.45. The van der Waals surface area contributed by atoms with Gasteiger partial charge in [0.2, 0.25) is 5.91 Å². The molecule has 4 nitrogen and oxygen atoms in total. The lowest BCUT2D eigenvalue weighted by molar-refractivity contribution is -0.136. The van der Waals surface area contributed by atoms with Gasteiger partial charge in [-0.25, -0.2) is 4.39 Å². The Bertz CT molecular complexity index is 802. The molecule has 3 unspecified atom stereocenters. The fraction of sp³-hybridized carbons (Fsp3) is 0.750. The van der Waals surface area contributed by atoms with E-state index >= 15 is 4.39 Å². The van der Waals surface area contributed by atoms with Crippen LogP contribution in [0.25, 0.3) is 0 Å². The Morgan fingerprint density at radius 1 is 1.18 bits per heavy atom. The van der Waals surface area contributed by atoms with Gasteiger partial charge in [-0.3, -0.25) is 4.79 Å². The molecule has 0 N–H and O–H groups in total. The summed E-state index contributed by atoms with van der Waals surface area (Å²) in [6.45, 7) is 10.9. The summed E-state index contributed by atoms with van der Waals surface area (Å²) < 4.78 is 20.9. The van der Waals surface area contributed by atoms with Crippen LogP contribution in [0.4, 0.5) is 15.8 Å². The molecule has 3 heterocycles. The van der Waals surface area contributed by atoms with E-state index in [0.717, 1.165) is 56.3 Å². The fourth-order valence-corrected chi connectivity index (χ4v) is 6.75. The second-order valence-electron chi connectivity index (χ2n) is 10.8. The van der Waals surface area contributed by atoms with Gasteiger partial charge in [0.1, 0.15) is 5.82 Å². The molecule has 1 aromatic rings. The van der Waals surface area contributed by atoms with Gasteiger partial charge in [-0.2, -0.15) is 0 Å². The van der Waals surface area contributed by atoms with E-state index in [1.807, 2.05) is 12.1 Å². The van der Waals surface area contributed by atoms with E-state index in [2.05, 4.69) is 25.7 Å². The summed E-state index contributed by atoms with van der Waals surface area (Å²) >= 11 is 0. The second-order valence-corrected chi connectivity index (χ2v) is 10.8. The van der Waals surface area contributed by atoms with E-state index in [1.165, 1.54) is 32.1 Å². The number of carbonyl (C=O) groups is 1. The van der Waals surface area contributed by atoms with Crippen LogP contribution in [-0.2, 0) is 9.53 Å². The lowest BCUT2D eigenvalue weighted by atomic mass is 9.73. The monoisotopic (exact) mass is 458 g/mol. The molecular formula is C28H43FN2O2. The van der Waals surface area contributed by atoms with Crippen LogP contribution in [0.5, 0.6) is 0 Å². The molecule has 3 fully saturated rings. The number of amides is 1. The van der Waals surface area contributed by atoms with Crippen molar-refractivity contribution in [2.75, 3.05) is 42.6 Å². The average Bonchev–Trinajstić information content (AvgIpc) is 3.31. The van der Waals surface area contributed by atoms with Gasteiger partial charge in [0, 0.05) is 38.5 Å². The van der Waals surface area contributed by atoms with Gasteiger partial charge in [-0.05, 0) is 68.1 Å². The molecule has 33 heavy (non-hydrogen) atoms. The van der Waals surface area contributed by atoms with Crippen molar-refractivity contribution in [1.29, 1.82) is 0 Å². The number of hydrogen-bond donors (Lipinski definition) is 0. The van der Waals surface area contributed by atoms with E-state index in [1.54, 1.807) is 11.0 Å². The van der Waals surface area contributed by atoms with E-state index in [-0.39, 0.29) is 17.1 Å². The molecular weight excluding hydrogens is 415 g/mol. The van der Waals surface area contributed by atoms with E-state index in [0.29, 0.717) is 31.4 Å². The molecule has 1 aromatic carbocycles. The number of benzene rings is 1. The van der Waals surface area contributed by atoms with E-state index in [4.69, 9.17) is 4.74 Å². The number of carbonyl (C=O) groups excluding carboxylic acids is 1. The largest absolute Gasteiger partial charge is 0.381 e. The van der Waals surface area contributed by atoms with Crippen LogP contribution >= 0.6 is 0 Å². The number of rotatable bonds is 8. The Morgan fingerprint density at radius 2 is 1.97 bits per heavy atom. The van der Waals surface area contributed by atoms with Crippen molar-refractivity contribution in [3.63, 3.8) is 0 Å². The van der Waals surface area contributed by atoms with Crippen molar-refractivity contribution in [3.05, 3.63) is 24.0 Å². The normalized spacial score (nSPS) is 25.0. The maximum atomic E-state index is 15.4. The molecule has 4 rings (SSSR count). The Hall–Kier alpha value is -1.62. The van der Waals surface area contributed by atoms with Crippen LogP contribution in [0.1, 0.15) is 78.6 Å². The van der Waals surface area contributed by atoms with Crippen molar-refractivity contribution in [2.24, 2.45) is 23.2 Å². The van der Waals surface area contributed by atoms with Gasteiger partial charge in [0.05, 0.1) is 11.1 Å². The van der Waals surface area contributed by atoms with Gasteiger partial charge >= 0.3 is 0 Å². The molecule has 3 atom stereocenters. The Morgan fingerprint density at radius 3 is 2.67 bits per heavy atom. The zero-order valence-electron chi connectivity index (χ0n) is 21.0. The van der Waals surface area contributed by atoms with E-state index < -0.39 is 0 Å². The summed E-state index contributed by atoms with van der Waals surface area (Å²) in [4.78, 5) is 17.4.